The van der Waals surface area contributed by atoms with Gasteiger partial charge in [-0.05, 0) is 48.6 Å². The number of hydrogen-bond donors (Lipinski definition) is 2. The summed E-state index contributed by atoms with van der Waals surface area (Å²) in [7, 11) is 0. The average molecular weight is 443 g/mol. The summed E-state index contributed by atoms with van der Waals surface area (Å²) >= 11 is 0. The Balaban J connectivity index is 1.44. The molecule has 2 N–H and O–H groups in total. The summed E-state index contributed by atoms with van der Waals surface area (Å²) in [6, 6.07) is 6.58. The Kier molecular flexibility index (Phi) is 5.03. The molecule has 1 saturated heterocycles. The zero-order valence-corrected chi connectivity index (χ0v) is 18.0. The number of rotatable bonds is 5. The summed E-state index contributed by atoms with van der Waals surface area (Å²) < 4.78 is 14.0. The average Bonchev–Trinajstić information content (AvgIpc) is 3.71. The Hall–Kier alpha value is -3.72. The van der Waals surface area contributed by atoms with Crippen LogP contribution in [0.1, 0.15) is 24.3 Å². The predicted octanol–water partition coefficient (Wildman–Crippen LogP) is 3.65. The SMILES string of the molecule is Fc1cccnc1Nc1cc(-c2nc(N3CCNCC3)c3c(C4CC4)cncc3n2)ccn1. The number of piperazine rings is 1. The van der Waals surface area contributed by atoms with E-state index in [1.807, 2.05) is 24.5 Å². The van der Waals surface area contributed by atoms with Crippen LogP contribution in [0, 0.1) is 5.82 Å². The largest absolute Gasteiger partial charge is 0.353 e. The van der Waals surface area contributed by atoms with Gasteiger partial charge in [0.15, 0.2) is 17.5 Å². The van der Waals surface area contributed by atoms with E-state index in [4.69, 9.17) is 9.97 Å². The lowest BCUT2D eigenvalue weighted by molar-refractivity contribution is 0.586. The summed E-state index contributed by atoms with van der Waals surface area (Å²) in [5.41, 5.74) is 2.88. The lowest BCUT2D eigenvalue weighted by Gasteiger charge is -2.30. The highest BCUT2D eigenvalue weighted by Crippen LogP contribution is 2.44. The van der Waals surface area contributed by atoms with E-state index in [0.29, 0.717) is 17.6 Å². The number of nitrogens with one attached hydrogen (secondary N) is 2. The molecule has 9 heteroatoms. The van der Waals surface area contributed by atoms with Gasteiger partial charge in [-0.2, -0.15) is 0 Å². The van der Waals surface area contributed by atoms with E-state index in [-0.39, 0.29) is 5.82 Å². The summed E-state index contributed by atoms with van der Waals surface area (Å²) in [6.45, 7) is 3.62. The van der Waals surface area contributed by atoms with Crippen LogP contribution in [-0.2, 0) is 0 Å². The van der Waals surface area contributed by atoms with E-state index in [1.165, 1.54) is 30.7 Å². The van der Waals surface area contributed by atoms with E-state index in [0.717, 1.165) is 48.5 Å². The molecule has 0 aromatic carbocycles. The Morgan fingerprint density at radius 2 is 1.91 bits per heavy atom. The van der Waals surface area contributed by atoms with Crippen molar-refractivity contribution in [3.63, 3.8) is 0 Å². The predicted molar refractivity (Wildman–Crippen MR) is 125 cm³/mol. The molecule has 6 rings (SSSR count). The highest BCUT2D eigenvalue weighted by Gasteiger charge is 2.29. The van der Waals surface area contributed by atoms with Crippen LogP contribution in [-0.4, -0.2) is 51.1 Å². The monoisotopic (exact) mass is 442 g/mol. The number of fused-ring (bicyclic) bond motifs is 1. The number of nitrogens with zero attached hydrogens (tertiary/aromatic N) is 6. The van der Waals surface area contributed by atoms with Crippen molar-refractivity contribution in [3.05, 3.63) is 60.4 Å². The molecular formula is C24H23FN8. The number of pyridine rings is 3. The highest BCUT2D eigenvalue weighted by atomic mass is 19.1. The second-order valence-corrected chi connectivity index (χ2v) is 8.39. The molecule has 5 heterocycles. The molecule has 1 saturated carbocycles. The maximum Gasteiger partial charge on any atom is 0.167 e. The van der Waals surface area contributed by atoms with Crippen LogP contribution in [0.25, 0.3) is 22.3 Å². The molecule has 2 aliphatic rings. The molecule has 0 amide bonds. The van der Waals surface area contributed by atoms with Gasteiger partial charge in [0.1, 0.15) is 11.6 Å². The van der Waals surface area contributed by atoms with Crippen LogP contribution in [0.5, 0.6) is 0 Å². The van der Waals surface area contributed by atoms with Gasteiger partial charge in [0, 0.05) is 55.7 Å². The molecule has 1 aliphatic carbocycles. The topological polar surface area (TPSA) is 91.8 Å². The maximum absolute atomic E-state index is 14.0. The van der Waals surface area contributed by atoms with Gasteiger partial charge in [0.05, 0.1) is 11.7 Å². The lowest BCUT2D eigenvalue weighted by Crippen LogP contribution is -2.44. The van der Waals surface area contributed by atoms with E-state index in [1.54, 1.807) is 12.3 Å². The number of hydrogen-bond acceptors (Lipinski definition) is 8. The quantitative estimate of drug-likeness (QED) is 0.484. The Labute approximate surface area is 190 Å². The minimum Gasteiger partial charge on any atom is -0.353 e. The highest BCUT2D eigenvalue weighted by molar-refractivity contribution is 5.94. The molecule has 2 fully saturated rings. The van der Waals surface area contributed by atoms with Gasteiger partial charge in [-0.1, -0.05) is 0 Å². The van der Waals surface area contributed by atoms with Crippen LogP contribution in [0.2, 0.25) is 0 Å². The molecule has 4 aromatic rings. The van der Waals surface area contributed by atoms with Crippen molar-refractivity contribution in [1.29, 1.82) is 0 Å². The van der Waals surface area contributed by atoms with Gasteiger partial charge in [0.25, 0.3) is 0 Å². The van der Waals surface area contributed by atoms with Crippen molar-refractivity contribution in [2.75, 3.05) is 36.4 Å². The van der Waals surface area contributed by atoms with Gasteiger partial charge in [-0.15, -0.1) is 0 Å². The summed E-state index contributed by atoms with van der Waals surface area (Å²) in [5.74, 6) is 2.26. The standard InChI is InChI=1S/C24H23FN8/c25-18-2-1-6-29-23(18)31-20-12-16(5-7-28-20)22-30-19-14-27-13-17(15-3-4-15)21(19)24(32-22)33-10-8-26-9-11-33/h1-2,5-7,12-15,26H,3-4,8-11H2,(H,28,29,31). The van der Waals surface area contributed by atoms with Crippen molar-refractivity contribution in [2.24, 2.45) is 0 Å². The summed E-state index contributed by atoms with van der Waals surface area (Å²) in [4.78, 5) is 25.1. The first-order chi connectivity index (χ1) is 16.3. The van der Waals surface area contributed by atoms with Gasteiger partial charge in [-0.3, -0.25) is 4.98 Å². The third kappa shape index (κ3) is 3.95. The summed E-state index contributed by atoms with van der Waals surface area (Å²) in [5, 5.41) is 7.47. The van der Waals surface area contributed by atoms with Crippen molar-refractivity contribution >= 4 is 28.4 Å². The van der Waals surface area contributed by atoms with Crippen molar-refractivity contribution in [2.45, 2.75) is 18.8 Å². The molecule has 0 unspecified atom stereocenters. The Morgan fingerprint density at radius 1 is 1.03 bits per heavy atom. The van der Waals surface area contributed by atoms with Crippen LogP contribution in [0.3, 0.4) is 0 Å². The lowest BCUT2D eigenvalue weighted by atomic mass is 10.1. The summed E-state index contributed by atoms with van der Waals surface area (Å²) in [6.07, 6.45) is 9.37. The van der Waals surface area contributed by atoms with Crippen molar-refractivity contribution < 1.29 is 4.39 Å². The zero-order valence-electron chi connectivity index (χ0n) is 18.0. The number of halogens is 1. The van der Waals surface area contributed by atoms with Gasteiger partial charge in [-0.25, -0.2) is 24.3 Å². The first-order valence-electron chi connectivity index (χ1n) is 11.2. The van der Waals surface area contributed by atoms with E-state index < -0.39 is 5.82 Å². The minimum absolute atomic E-state index is 0.126. The van der Waals surface area contributed by atoms with E-state index >= 15 is 0 Å². The molecular weight excluding hydrogens is 419 g/mol. The molecule has 0 spiro atoms. The Morgan fingerprint density at radius 3 is 2.73 bits per heavy atom. The first-order valence-corrected chi connectivity index (χ1v) is 11.2. The van der Waals surface area contributed by atoms with E-state index in [9.17, 15) is 4.39 Å². The smallest absolute Gasteiger partial charge is 0.167 e. The van der Waals surface area contributed by atoms with Crippen LogP contribution < -0.4 is 15.5 Å². The van der Waals surface area contributed by atoms with Crippen LogP contribution in [0.15, 0.2) is 49.1 Å². The normalized spacial score (nSPS) is 16.2. The third-order valence-corrected chi connectivity index (χ3v) is 6.07. The maximum atomic E-state index is 14.0. The first kappa shape index (κ1) is 19.9. The Bertz CT molecular complexity index is 1320. The fraction of sp³-hybridized carbons (Fsp3) is 0.292. The van der Waals surface area contributed by atoms with Crippen molar-refractivity contribution in [1.82, 2.24) is 30.2 Å². The molecule has 8 nitrogen and oxygen atoms in total. The molecule has 166 valence electrons. The fourth-order valence-corrected chi connectivity index (χ4v) is 4.26. The second kappa shape index (κ2) is 8.32. The van der Waals surface area contributed by atoms with Crippen LogP contribution >= 0.6 is 0 Å². The van der Waals surface area contributed by atoms with E-state index in [2.05, 4.69) is 30.5 Å². The molecule has 1 aliphatic heterocycles. The molecule has 0 atom stereocenters. The third-order valence-electron chi connectivity index (χ3n) is 6.07. The second-order valence-electron chi connectivity index (χ2n) is 8.39. The minimum atomic E-state index is -0.439. The molecule has 0 radical (unpaired) electrons. The zero-order chi connectivity index (χ0) is 22.2. The molecule has 4 aromatic heterocycles. The number of aromatic nitrogens is 5. The molecule has 33 heavy (non-hydrogen) atoms. The fourth-order valence-electron chi connectivity index (χ4n) is 4.26. The van der Waals surface area contributed by atoms with Gasteiger partial charge < -0.3 is 15.5 Å². The van der Waals surface area contributed by atoms with Crippen molar-refractivity contribution in [3.8, 4) is 11.4 Å². The van der Waals surface area contributed by atoms with Gasteiger partial charge >= 0.3 is 0 Å². The molecule has 0 bridgehead atoms. The van der Waals surface area contributed by atoms with Crippen LogP contribution in [0.4, 0.5) is 21.8 Å². The van der Waals surface area contributed by atoms with Gasteiger partial charge in [0.2, 0.25) is 0 Å². The number of anilines is 3.